The van der Waals surface area contributed by atoms with Crippen LogP contribution in [-0.4, -0.2) is 56.0 Å². The van der Waals surface area contributed by atoms with Crippen molar-refractivity contribution in [3.63, 3.8) is 0 Å². The molecule has 0 atom stereocenters. The van der Waals surface area contributed by atoms with Crippen LogP contribution in [0.1, 0.15) is 24.0 Å². The molecule has 43 heavy (non-hydrogen) atoms. The second kappa shape index (κ2) is 14.7. The Hall–Kier alpha value is -5.10. The number of rotatable bonds is 10. The number of methoxy groups -OCH3 is 2. The highest BCUT2D eigenvalue weighted by Gasteiger charge is 2.23. The van der Waals surface area contributed by atoms with E-state index in [0.29, 0.717) is 17.2 Å². The minimum atomic E-state index is -0.856. The molecule has 12 heteroatoms. The molecule has 0 unspecified atom stereocenters. The number of hydrogen-bond donors (Lipinski definition) is 5. The summed E-state index contributed by atoms with van der Waals surface area (Å²) in [7, 11) is 2.95. The van der Waals surface area contributed by atoms with Crippen LogP contribution in [0.25, 0.3) is 0 Å². The molecule has 4 rings (SSSR count). The van der Waals surface area contributed by atoms with Crippen LogP contribution < -0.4 is 36.5 Å². The summed E-state index contributed by atoms with van der Waals surface area (Å²) < 4.78 is 10.6. The molecule has 226 valence electrons. The fraction of sp³-hybridized carbons (Fsp3) is 0.290. The molecule has 3 aromatic carbocycles. The third-order valence-corrected chi connectivity index (χ3v) is 7.14. The molecule has 3 aromatic rings. The molecule has 0 aromatic heterocycles. The zero-order valence-corrected chi connectivity index (χ0v) is 24.1. The summed E-state index contributed by atoms with van der Waals surface area (Å²) in [4.78, 5) is 51.3. The van der Waals surface area contributed by atoms with Gasteiger partial charge in [0.15, 0.2) is 0 Å². The number of hydrogen-bond acceptors (Lipinski definition) is 7. The van der Waals surface area contributed by atoms with Crippen LogP contribution in [-0.2, 0) is 27.5 Å². The average Bonchev–Trinajstić information content (AvgIpc) is 3.01. The van der Waals surface area contributed by atoms with Crippen LogP contribution >= 0.6 is 0 Å². The lowest BCUT2D eigenvalue weighted by atomic mass is 9.96. The molecule has 1 saturated heterocycles. The van der Waals surface area contributed by atoms with E-state index in [9.17, 15) is 19.2 Å². The second-order valence-electron chi connectivity index (χ2n) is 10.1. The highest BCUT2D eigenvalue weighted by atomic mass is 16.5. The third kappa shape index (κ3) is 8.69. The van der Waals surface area contributed by atoms with Crippen LogP contribution in [0.15, 0.2) is 66.7 Å². The SMILES string of the molecule is COc1ccccc1NC(=O)Nc1cc(NC(=O)C(=O)NCc2ccc(CN3CCC(C(N)=O)CC3)cc2)ccc1OC. The Kier molecular flexibility index (Phi) is 10.5. The topological polar surface area (TPSA) is 164 Å². The first-order valence-corrected chi connectivity index (χ1v) is 13.8. The van der Waals surface area contributed by atoms with E-state index >= 15 is 0 Å². The van der Waals surface area contributed by atoms with E-state index in [0.717, 1.165) is 43.6 Å². The van der Waals surface area contributed by atoms with Gasteiger partial charge in [0, 0.05) is 24.7 Å². The molecule has 1 fully saturated rings. The number of para-hydroxylation sites is 2. The Balaban J connectivity index is 1.27. The fourth-order valence-electron chi connectivity index (χ4n) is 4.75. The lowest BCUT2D eigenvalue weighted by Gasteiger charge is -2.30. The first kappa shape index (κ1) is 30.8. The third-order valence-electron chi connectivity index (χ3n) is 7.14. The van der Waals surface area contributed by atoms with Crippen LogP contribution in [0, 0.1) is 5.92 Å². The highest BCUT2D eigenvalue weighted by molar-refractivity contribution is 6.39. The maximum absolute atomic E-state index is 12.6. The summed E-state index contributed by atoms with van der Waals surface area (Å²) in [5.41, 5.74) is 8.42. The van der Waals surface area contributed by atoms with Gasteiger partial charge < -0.3 is 36.5 Å². The van der Waals surface area contributed by atoms with Gasteiger partial charge in [0.1, 0.15) is 11.5 Å². The number of likely N-dealkylation sites (tertiary alicyclic amines) is 1. The first-order valence-electron chi connectivity index (χ1n) is 13.8. The highest BCUT2D eigenvalue weighted by Crippen LogP contribution is 2.29. The standard InChI is InChI=1S/C31H36N6O6/c1-42-26-6-4-3-5-24(26)35-31(41)36-25-17-23(11-12-27(25)43-2)34-30(40)29(39)33-18-20-7-9-21(10-8-20)19-37-15-13-22(14-16-37)28(32)38/h3-12,17,22H,13-16,18-19H2,1-2H3,(H2,32,38)(H,33,39)(H,34,40)(H2,35,36,41). The van der Waals surface area contributed by atoms with Crippen molar-refractivity contribution in [3.8, 4) is 11.5 Å². The average molecular weight is 589 g/mol. The quantitative estimate of drug-likeness (QED) is 0.227. The number of benzene rings is 3. The monoisotopic (exact) mass is 588 g/mol. The van der Waals surface area contributed by atoms with Crippen LogP contribution in [0.5, 0.6) is 11.5 Å². The number of nitrogens with two attached hydrogens (primary N) is 1. The molecule has 1 heterocycles. The van der Waals surface area contributed by atoms with Gasteiger partial charge in [-0.25, -0.2) is 4.79 Å². The molecule has 0 aliphatic carbocycles. The van der Waals surface area contributed by atoms with Crippen molar-refractivity contribution in [2.75, 3.05) is 43.3 Å². The van der Waals surface area contributed by atoms with Gasteiger partial charge in [0.05, 0.1) is 25.6 Å². The number of piperidine rings is 1. The Morgan fingerprint density at radius 1 is 0.791 bits per heavy atom. The van der Waals surface area contributed by atoms with Gasteiger partial charge in [0.2, 0.25) is 5.91 Å². The largest absolute Gasteiger partial charge is 0.495 e. The van der Waals surface area contributed by atoms with Gasteiger partial charge >= 0.3 is 17.8 Å². The minimum absolute atomic E-state index is 0.0422. The van der Waals surface area contributed by atoms with Crippen molar-refractivity contribution in [1.82, 2.24) is 10.2 Å². The van der Waals surface area contributed by atoms with Crippen molar-refractivity contribution in [1.29, 1.82) is 0 Å². The molecule has 0 spiro atoms. The molecule has 5 amide bonds. The van der Waals surface area contributed by atoms with Crippen LogP contribution in [0.3, 0.4) is 0 Å². The maximum Gasteiger partial charge on any atom is 0.323 e. The first-order chi connectivity index (χ1) is 20.7. The van der Waals surface area contributed by atoms with Gasteiger partial charge in [-0.05, 0) is 67.4 Å². The van der Waals surface area contributed by atoms with Gasteiger partial charge in [-0.15, -0.1) is 0 Å². The molecule has 1 aliphatic heterocycles. The van der Waals surface area contributed by atoms with Crippen LogP contribution in [0.4, 0.5) is 21.9 Å². The Labute approximate surface area is 249 Å². The molecule has 1 aliphatic rings. The number of amides is 5. The van der Waals surface area contributed by atoms with Gasteiger partial charge in [-0.2, -0.15) is 0 Å². The number of carbonyl (C=O) groups excluding carboxylic acids is 4. The molecular weight excluding hydrogens is 552 g/mol. The summed E-state index contributed by atoms with van der Waals surface area (Å²) in [6, 6.07) is 18.8. The molecule has 0 radical (unpaired) electrons. The normalized spacial score (nSPS) is 13.4. The molecule has 6 N–H and O–H groups in total. The number of nitrogens with zero attached hydrogens (tertiary/aromatic N) is 1. The smallest absolute Gasteiger partial charge is 0.323 e. The molecule has 12 nitrogen and oxygen atoms in total. The second-order valence-corrected chi connectivity index (χ2v) is 10.1. The Morgan fingerprint density at radius 2 is 1.42 bits per heavy atom. The lowest BCUT2D eigenvalue weighted by Crippen LogP contribution is -2.38. The van der Waals surface area contributed by atoms with E-state index in [2.05, 4.69) is 26.2 Å². The zero-order chi connectivity index (χ0) is 30.8. The summed E-state index contributed by atoms with van der Waals surface area (Å²) in [6.45, 7) is 2.58. The molecular formula is C31H36N6O6. The summed E-state index contributed by atoms with van der Waals surface area (Å²) in [6.07, 6.45) is 1.55. The Bertz CT molecular complexity index is 1450. The van der Waals surface area contributed by atoms with Crippen molar-refractivity contribution in [3.05, 3.63) is 77.9 Å². The van der Waals surface area contributed by atoms with Crippen molar-refractivity contribution in [2.24, 2.45) is 11.7 Å². The van der Waals surface area contributed by atoms with E-state index in [1.807, 2.05) is 24.3 Å². The minimum Gasteiger partial charge on any atom is -0.495 e. The fourth-order valence-corrected chi connectivity index (χ4v) is 4.75. The molecule has 0 bridgehead atoms. The number of anilines is 3. The maximum atomic E-state index is 12.6. The number of primary amides is 1. The van der Waals surface area contributed by atoms with Crippen molar-refractivity contribution in [2.45, 2.75) is 25.9 Å². The van der Waals surface area contributed by atoms with Crippen LogP contribution in [0.2, 0.25) is 0 Å². The Morgan fingerprint density at radius 3 is 2.09 bits per heavy atom. The number of urea groups is 1. The number of nitrogens with one attached hydrogen (secondary N) is 4. The summed E-state index contributed by atoms with van der Waals surface area (Å²) in [5.74, 6) is -1.08. The van der Waals surface area contributed by atoms with Crippen molar-refractivity contribution < 1.29 is 28.7 Å². The van der Waals surface area contributed by atoms with E-state index in [1.165, 1.54) is 20.3 Å². The zero-order valence-electron chi connectivity index (χ0n) is 24.1. The number of ether oxygens (including phenoxy) is 2. The van der Waals surface area contributed by atoms with Gasteiger partial charge in [-0.1, -0.05) is 36.4 Å². The van der Waals surface area contributed by atoms with Crippen molar-refractivity contribution >= 4 is 40.8 Å². The summed E-state index contributed by atoms with van der Waals surface area (Å²) in [5, 5.41) is 10.5. The van der Waals surface area contributed by atoms with E-state index in [4.69, 9.17) is 15.2 Å². The lowest BCUT2D eigenvalue weighted by molar-refractivity contribution is -0.136. The predicted molar refractivity (Wildman–Crippen MR) is 163 cm³/mol. The number of carbonyl (C=O) groups is 4. The van der Waals surface area contributed by atoms with E-state index < -0.39 is 17.8 Å². The van der Waals surface area contributed by atoms with E-state index in [1.54, 1.807) is 36.4 Å². The van der Waals surface area contributed by atoms with E-state index in [-0.39, 0.29) is 29.7 Å². The molecule has 0 saturated carbocycles. The van der Waals surface area contributed by atoms with Gasteiger partial charge in [-0.3, -0.25) is 19.3 Å². The predicted octanol–water partition coefficient (Wildman–Crippen LogP) is 3.30. The van der Waals surface area contributed by atoms with Gasteiger partial charge in [0.25, 0.3) is 0 Å². The summed E-state index contributed by atoms with van der Waals surface area (Å²) >= 11 is 0.